The van der Waals surface area contributed by atoms with Gasteiger partial charge in [0.15, 0.2) is 11.5 Å². The topological polar surface area (TPSA) is 125 Å². The lowest BCUT2D eigenvalue weighted by molar-refractivity contribution is 0.102. The first kappa shape index (κ1) is 18.8. The molecule has 33 heavy (non-hydrogen) atoms. The Kier molecular flexibility index (Phi) is 4.36. The molecule has 1 aromatic carbocycles. The number of anilines is 1. The van der Waals surface area contributed by atoms with E-state index in [1.165, 1.54) is 0 Å². The van der Waals surface area contributed by atoms with Gasteiger partial charge in [0.25, 0.3) is 5.91 Å². The second kappa shape index (κ2) is 7.65. The van der Waals surface area contributed by atoms with Crippen LogP contribution in [0, 0.1) is 0 Å². The summed E-state index contributed by atoms with van der Waals surface area (Å²) >= 11 is 0. The van der Waals surface area contributed by atoms with Gasteiger partial charge in [0.05, 0.1) is 34.8 Å². The van der Waals surface area contributed by atoms with E-state index in [0.29, 0.717) is 34.0 Å². The lowest BCUT2D eigenvalue weighted by Gasteiger charge is -2.07. The fraction of sp³-hybridized carbons (Fsp3) is 0. The van der Waals surface area contributed by atoms with E-state index in [1.807, 2.05) is 42.5 Å². The molecule has 6 rings (SSSR count). The molecule has 9 heteroatoms. The van der Waals surface area contributed by atoms with Crippen LogP contribution in [-0.4, -0.2) is 41.0 Å². The molecular weight excluding hydrogens is 416 g/mol. The molecule has 0 aliphatic heterocycles. The highest BCUT2D eigenvalue weighted by Gasteiger charge is 2.15. The Bertz CT molecular complexity index is 1590. The van der Waals surface area contributed by atoms with Gasteiger partial charge in [-0.05, 0) is 36.4 Å². The van der Waals surface area contributed by atoms with Crippen molar-refractivity contribution < 1.29 is 4.79 Å². The number of carbonyl (C=O) groups excluding carboxylic acids is 1. The molecule has 0 saturated heterocycles. The van der Waals surface area contributed by atoms with E-state index >= 15 is 0 Å². The highest BCUT2D eigenvalue weighted by atomic mass is 16.1. The van der Waals surface area contributed by atoms with Crippen molar-refractivity contribution >= 4 is 33.7 Å². The van der Waals surface area contributed by atoms with Crippen LogP contribution in [0.3, 0.4) is 0 Å². The minimum atomic E-state index is -0.200. The van der Waals surface area contributed by atoms with Crippen LogP contribution in [0.2, 0.25) is 0 Å². The van der Waals surface area contributed by atoms with Crippen LogP contribution >= 0.6 is 0 Å². The van der Waals surface area contributed by atoms with Crippen LogP contribution in [0.1, 0.15) is 10.4 Å². The van der Waals surface area contributed by atoms with Crippen LogP contribution in [0.4, 0.5) is 5.69 Å². The van der Waals surface area contributed by atoms with E-state index in [1.54, 1.807) is 36.9 Å². The van der Waals surface area contributed by atoms with Gasteiger partial charge >= 0.3 is 0 Å². The molecule has 6 aromatic rings. The summed E-state index contributed by atoms with van der Waals surface area (Å²) in [6.07, 6.45) is 6.72. The molecular formula is C24H16N8O. The predicted molar refractivity (Wildman–Crippen MR) is 124 cm³/mol. The number of hydrogen-bond donors (Lipinski definition) is 3. The molecule has 0 spiro atoms. The SMILES string of the molecule is O=C(Nc1cncc(-c2ccc3[nH]nc(-c4nc5cnccc5[nH]4)c3n2)c1)c1ccccc1. The van der Waals surface area contributed by atoms with Gasteiger partial charge in [-0.3, -0.25) is 19.9 Å². The summed E-state index contributed by atoms with van der Waals surface area (Å²) in [4.78, 5) is 33.5. The number of nitrogens with zero attached hydrogens (tertiary/aromatic N) is 5. The summed E-state index contributed by atoms with van der Waals surface area (Å²) in [5, 5.41) is 10.3. The third kappa shape index (κ3) is 3.47. The summed E-state index contributed by atoms with van der Waals surface area (Å²) in [6, 6.07) is 16.5. The van der Waals surface area contributed by atoms with E-state index in [4.69, 9.17) is 4.98 Å². The second-order valence-electron chi connectivity index (χ2n) is 7.43. The van der Waals surface area contributed by atoms with Crippen molar-refractivity contribution in [2.45, 2.75) is 0 Å². The number of aromatic amines is 2. The molecule has 0 fully saturated rings. The Morgan fingerprint density at radius 3 is 2.67 bits per heavy atom. The third-order valence-electron chi connectivity index (χ3n) is 5.25. The molecule has 0 aliphatic carbocycles. The molecule has 9 nitrogen and oxygen atoms in total. The molecule has 0 radical (unpaired) electrons. The molecule has 0 saturated carbocycles. The Morgan fingerprint density at radius 2 is 1.79 bits per heavy atom. The number of benzene rings is 1. The van der Waals surface area contributed by atoms with Crippen LogP contribution < -0.4 is 5.32 Å². The van der Waals surface area contributed by atoms with Gasteiger partial charge in [-0.1, -0.05) is 18.2 Å². The van der Waals surface area contributed by atoms with Crippen LogP contribution in [0.5, 0.6) is 0 Å². The summed E-state index contributed by atoms with van der Waals surface area (Å²) in [7, 11) is 0. The number of carbonyl (C=O) groups is 1. The molecule has 0 atom stereocenters. The number of imidazole rings is 1. The second-order valence-corrected chi connectivity index (χ2v) is 7.43. The van der Waals surface area contributed by atoms with Crippen LogP contribution in [-0.2, 0) is 0 Å². The summed E-state index contributed by atoms with van der Waals surface area (Å²) < 4.78 is 0. The number of nitrogens with one attached hydrogen (secondary N) is 3. The van der Waals surface area contributed by atoms with Crippen molar-refractivity contribution in [2.24, 2.45) is 0 Å². The Labute approximate surface area is 187 Å². The van der Waals surface area contributed by atoms with Crippen molar-refractivity contribution in [3.05, 3.63) is 84.9 Å². The maximum atomic E-state index is 12.5. The number of H-pyrrole nitrogens is 2. The van der Waals surface area contributed by atoms with Gasteiger partial charge in [0, 0.05) is 23.5 Å². The van der Waals surface area contributed by atoms with E-state index in [-0.39, 0.29) is 5.91 Å². The maximum absolute atomic E-state index is 12.5. The van der Waals surface area contributed by atoms with Gasteiger partial charge in [-0.15, -0.1) is 0 Å². The number of fused-ring (bicyclic) bond motifs is 2. The van der Waals surface area contributed by atoms with Crippen LogP contribution in [0.25, 0.3) is 44.8 Å². The maximum Gasteiger partial charge on any atom is 0.255 e. The van der Waals surface area contributed by atoms with Crippen molar-refractivity contribution in [1.82, 2.24) is 35.1 Å². The number of aromatic nitrogens is 7. The fourth-order valence-corrected chi connectivity index (χ4v) is 3.64. The van der Waals surface area contributed by atoms with Crippen molar-refractivity contribution in [3.8, 4) is 22.8 Å². The van der Waals surface area contributed by atoms with Crippen LogP contribution in [0.15, 0.2) is 79.4 Å². The molecule has 5 heterocycles. The first-order valence-electron chi connectivity index (χ1n) is 10.2. The zero-order chi connectivity index (χ0) is 22.2. The quantitative estimate of drug-likeness (QED) is 0.383. The standard InChI is InChI=1S/C24H16N8O/c33-24(14-4-2-1-3-5-14)27-16-10-15(11-26-12-16)17-6-7-19-21(28-17)22(32-31-19)23-29-18-8-9-25-13-20(18)30-23/h1-13H,(H,27,33)(H,29,30)(H,31,32). The normalized spacial score (nSPS) is 11.2. The minimum absolute atomic E-state index is 0.200. The van der Waals surface area contributed by atoms with Gasteiger partial charge < -0.3 is 10.3 Å². The lowest BCUT2D eigenvalue weighted by atomic mass is 10.1. The Balaban J connectivity index is 1.36. The molecule has 158 valence electrons. The summed E-state index contributed by atoms with van der Waals surface area (Å²) in [6.45, 7) is 0. The highest BCUT2D eigenvalue weighted by molar-refractivity contribution is 6.04. The van der Waals surface area contributed by atoms with E-state index in [0.717, 1.165) is 22.1 Å². The zero-order valence-corrected chi connectivity index (χ0v) is 17.1. The molecule has 0 aliphatic rings. The third-order valence-corrected chi connectivity index (χ3v) is 5.25. The first-order valence-corrected chi connectivity index (χ1v) is 10.2. The monoisotopic (exact) mass is 432 g/mol. The number of rotatable bonds is 4. The fourth-order valence-electron chi connectivity index (χ4n) is 3.64. The summed E-state index contributed by atoms with van der Waals surface area (Å²) in [5.41, 5.74) is 6.34. The Hall–Kier alpha value is -4.92. The van der Waals surface area contributed by atoms with Gasteiger partial charge in [0.2, 0.25) is 0 Å². The van der Waals surface area contributed by atoms with Gasteiger partial charge in [-0.25, -0.2) is 9.97 Å². The zero-order valence-electron chi connectivity index (χ0n) is 17.1. The van der Waals surface area contributed by atoms with Crippen molar-refractivity contribution in [2.75, 3.05) is 5.32 Å². The molecule has 1 amide bonds. The van der Waals surface area contributed by atoms with Crippen molar-refractivity contribution in [3.63, 3.8) is 0 Å². The minimum Gasteiger partial charge on any atom is -0.336 e. The number of pyridine rings is 3. The smallest absolute Gasteiger partial charge is 0.255 e. The van der Waals surface area contributed by atoms with Crippen molar-refractivity contribution in [1.29, 1.82) is 0 Å². The molecule has 0 unspecified atom stereocenters. The lowest BCUT2D eigenvalue weighted by Crippen LogP contribution is -2.11. The predicted octanol–water partition coefficient (Wildman–Crippen LogP) is 4.21. The van der Waals surface area contributed by atoms with E-state index in [2.05, 4.69) is 35.5 Å². The molecule has 5 aromatic heterocycles. The van der Waals surface area contributed by atoms with Gasteiger partial charge in [0.1, 0.15) is 11.0 Å². The Morgan fingerprint density at radius 1 is 0.879 bits per heavy atom. The summed E-state index contributed by atoms with van der Waals surface area (Å²) in [5.74, 6) is 0.408. The average Bonchev–Trinajstić information content (AvgIpc) is 3.48. The number of amides is 1. The number of hydrogen-bond acceptors (Lipinski definition) is 6. The van der Waals surface area contributed by atoms with Gasteiger partial charge in [-0.2, -0.15) is 5.10 Å². The van der Waals surface area contributed by atoms with E-state index < -0.39 is 0 Å². The highest BCUT2D eigenvalue weighted by Crippen LogP contribution is 2.28. The van der Waals surface area contributed by atoms with E-state index in [9.17, 15) is 4.79 Å². The first-order chi connectivity index (χ1) is 16.2. The molecule has 0 bridgehead atoms. The average molecular weight is 432 g/mol. The molecule has 3 N–H and O–H groups in total. The largest absolute Gasteiger partial charge is 0.336 e.